The second-order valence-corrected chi connectivity index (χ2v) is 7.47. The number of hydrogen-bond donors (Lipinski definition) is 0. The van der Waals surface area contributed by atoms with E-state index in [4.69, 9.17) is 4.42 Å². The molecule has 0 radical (unpaired) electrons. The maximum atomic E-state index is 5.74. The number of rotatable bonds is 7. The zero-order chi connectivity index (χ0) is 17.4. The molecular weight excluding hydrogens is 316 g/mol. The summed E-state index contributed by atoms with van der Waals surface area (Å²) in [6, 6.07) is 0.543. The van der Waals surface area contributed by atoms with Crippen molar-refractivity contribution >= 4 is 0 Å². The molecule has 1 saturated heterocycles. The van der Waals surface area contributed by atoms with E-state index in [1.807, 2.05) is 6.20 Å². The van der Waals surface area contributed by atoms with E-state index >= 15 is 0 Å². The normalized spacial score (nSPS) is 21.5. The van der Waals surface area contributed by atoms with Gasteiger partial charge in [0.25, 0.3) is 0 Å². The largest absolute Gasteiger partial charge is 0.444 e. The van der Waals surface area contributed by atoms with Gasteiger partial charge in [-0.05, 0) is 26.3 Å². The van der Waals surface area contributed by atoms with E-state index < -0.39 is 0 Å². The standard InChI is InChI=1S/C18H28N6O/c1-4-15-9-19-17(25-15)12-24-8-7-14(10-24)22(2)11-16-20-21-18(23(16)3)13-5-6-13/h9,13-14H,4-8,10-12H2,1-3H3. The highest BCUT2D eigenvalue weighted by molar-refractivity contribution is 5.08. The first-order valence-electron chi connectivity index (χ1n) is 9.38. The molecule has 0 bridgehead atoms. The Morgan fingerprint density at radius 3 is 2.84 bits per heavy atom. The van der Waals surface area contributed by atoms with Gasteiger partial charge in [0.2, 0.25) is 5.89 Å². The number of likely N-dealkylation sites (tertiary alicyclic amines) is 1. The number of oxazole rings is 1. The van der Waals surface area contributed by atoms with Crippen LogP contribution in [0.3, 0.4) is 0 Å². The molecule has 25 heavy (non-hydrogen) atoms. The second-order valence-electron chi connectivity index (χ2n) is 7.47. The summed E-state index contributed by atoms with van der Waals surface area (Å²) < 4.78 is 7.94. The minimum absolute atomic E-state index is 0.543. The van der Waals surface area contributed by atoms with Crippen LogP contribution in [0.4, 0.5) is 0 Å². The molecule has 1 atom stereocenters. The summed E-state index contributed by atoms with van der Waals surface area (Å²) in [4.78, 5) is 9.22. The molecule has 1 aliphatic heterocycles. The van der Waals surface area contributed by atoms with Gasteiger partial charge in [0, 0.05) is 38.5 Å². The Balaban J connectivity index is 1.31. The lowest BCUT2D eigenvalue weighted by atomic mass is 10.2. The molecule has 136 valence electrons. The van der Waals surface area contributed by atoms with Gasteiger partial charge in [0.05, 0.1) is 19.3 Å². The fourth-order valence-electron chi connectivity index (χ4n) is 3.65. The lowest BCUT2D eigenvalue weighted by Gasteiger charge is -2.24. The van der Waals surface area contributed by atoms with Crippen LogP contribution in [-0.4, -0.2) is 55.7 Å². The van der Waals surface area contributed by atoms with E-state index in [9.17, 15) is 0 Å². The Hall–Kier alpha value is -1.73. The molecule has 7 heteroatoms. The minimum Gasteiger partial charge on any atom is -0.444 e. The molecule has 1 aliphatic carbocycles. The van der Waals surface area contributed by atoms with Crippen LogP contribution in [0.25, 0.3) is 0 Å². The lowest BCUT2D eigenvalue weighted by molar-refractivity contribution is 0.210. The summed E-state index contributed by atoms with van der Waals surface area (Å²) in [7, 11) is 4.30. The number of hydrogen-bond acceptors (Lipinski definition) is 6. The van der Waals surface area contributed by atoms with Crippen LogP contribution in [0.5, 0.6) is 0 Å². The molecule has 0 N–H and O–H groups in total. The summed E-state index contributed by atoms with van der Waals surface area (Å²) in [6.07, 6.45) is 6.45. The Labute approximate surface area is 149 Å². The average Bonchev–Trinajstić information content (AvgIpc) is 3.02. The van der Waals surface area contributed by atoms with Gasteiger partial charge in [-0.1, -0.05) is 6.92 Å². The lowest BCUT2D eigenvalue weighted by Crippen LogP contribution is -2.34. The Bertz CT molecular complexity index is 719. The van der Waals surface area contributed by atoms with E-state index in [-0.39, 0.29) is 0 Å². The highest BCUT2D eigenvalue weighted by Crippen LogP contribution is 2.38. The molecule has 1 saturated carbocycles. The van der Waals surface area contributed by atoms with Gasteiger partial charge >= 0.3 is 0 Å². The fraction of sp³-hybridized carbons (Fsp3) is 0.722. The number of nitrogens with zero attached hydrogens (tertiary/aromatic N) is 6. The first-order valence-corrected chi connectivity index (χ1v) is 9.38. The number of likely N-dealkylation sites (N-methyl/N-ethyl adjacent to an activating group) is 1. The summed E-state index contributed by atoms with van der Waals surface area (Å²) in [6.45, 7) is 5.89. The quantitative estimate of drug-likeness (QED) is 0.765. The van der Waals surface area contributed by atoms with Crippen LogP contribution in [0, 0.1) is 0 Å². The monoisotopic (exact) mass is 344 g/mol. The Kier molecular flexibility index (Phi) is 4.60. The molecule has 2 aromatic rings. The van der Waals surface area contributed by atoms with Crippen LogP contribution in [0.15, 0.2) is 10.6 Å². The van der Waals surface area contributed by atoms with Crippen molar-refractivity contribution in [3.63, 3.8) is 0 Å². The predicted octanol–water partition coefficient (Wildman–Crippen LogP) is 1.95. The highest BCUT2D eigenvalue weighted by Gasteiger charge is 2.31. The predicted molar refractivity (Wildman–Crippen MR) is 94.0 cm³/mol. The van der Waals surface area contributed by atoms with Crippen molar-refractivity contribution in [2.45, 2.75) is 57.7 Å². The fourth-order valence-corrected chi connectivity index (χ4v) is 3.65. The molecular formula is C18H28N6O. The molecule has 2 aliphatic rings. The highest BCUT2D eigenvalue weighted by atomic mass is 16.4. The maximum Gasteiger partial charge on any atom is 0.208 e. The van der Waals surface area contributed by atoms with Crippen molar-refractivity contribution < 1.29 is 4.42 Å². The van der Waals surface area contributed by atoms with Crippen molar-refractivity contribution in [1.29, 1.82) is 0 Å². The van der Waals surface area contributed by atoms with E-state index in [0.29, 0.717) is 12.0 Å². The molecule has 2 aromatic heterocycles. The van der Waals surface area contributed by atoms with Gasteiger partial charge in [-0.3, -0.25) is 9.80 Å². The van der Waals surface area contributed by atoms with Gasteiger partial charge in [-0.25, -0.2) is 4.98 Å². The SMILES string of the molecule is CCc1cnc(CN2CCC(N(C)Cc3nnc(C4CC4)n3C)C2)o1. The van der Waals surface area contributed by atoms with Crippen LogP contribution in [-0.2, 0) is 26.6 Å². The minimum atomic E-state index is 0.543. The van der Waals surface area contributed by atoms with Gasteiger partial charge in [-0.15, -0.1) is 10.2 Å². The summed E-state index contributed by atoms with van der Waals surface area (Å²) in [5, 5.41) is 8.81. The Morgan fingerprint density at radius 1 is 1.28 bits per heavy atom. The molecule has 1 unspecified atom stereocenters. The van der Waals surface area contributed by atoms with E-state index in [2.05, 4.69) is 50.6 Å². The van der Waals surface area contributed by atoms with Crippen LogP contribution < -0.4 is 0 Å². The zero-order valence-electron chi connectivity index (χ0n) is 15.5. The van der Waals surface area contributed by atoms with Crippen molar-refractivity contribution in [3.05, 3.63) is 29.5 Å². The van der Waals surface area contributed by atoms with Gasteiger partial charge in [-0.2, -0.15) is 0 Å². The van der Waals surface area contributed by atoms with Gasteiger partial charge < -0.3 is 8.98 Å². The van der Waals surface area contributed by atoms with Gasteiger partial charge in [0.15, 0.2) is 0 Å². The second kappa shape index (κ2) is 6.88. The van der Waals surface area contributed by atoms with Crippen molar-refractivity contribution in [2.75, 3.05) is 20.1 Å². The first-order chi connectivity index (χ1) is 12.1. The number of aryl methyl sites for hydroxylation is 1. The van der Waals surface area contributed by atoms with Crippen molar-refractivity contribution in [3.8, 4) is 0 Å². The molecule has 0 aromatic carbocycles. The Morgan fingerprint density at radius 2 is 2.12 bits per heavy atom. The zero-order valence-corrected chi connectivity index (χ0v) is 15.5. The molecule has 2 fully saturated rings. The summed E-state index contributed by atoms with van der Waals surface area (Å²) >= 11 is 0. The van der Waals surface area contributed by atoms with Crippen LogP contribution in [0.2, 0.25) is 0 Å². The number of aromatic nitrogens is 4. The average molecular weight is 344 g/mol. The first kappa shape index (κ1) is 16.7. The van der Waals surface area contributed by atoms with E-state index in [0.717, 1.165) is 55.9 Å². The smallest absolute Gasteiger partial charge is 0.208 e. The summed E-state index contributed by atoms with van der Waals surface area (Å²) in [5.41, 5.74) is 0. The van der Waals surface area contributed by atoms with Gasteiger partial charge in [0.1, 0.15) is 17.4 Å². The molecule has 0 amide bonds. The molecule has 4 rings (SSSR count). The van der Waals surface area contributed by atoms with Crippen LogP contribution >= 0.6 is 0 Å². The van der Waals surface area contributed by atoms with Crippen molar-refractivity contribution in [1.82, 2.24) is 29.5 Å². The molecule has 7 nitrogen and oxygen atoms in total. The third-order valence-corrected chi connectivity index (χ3v) is 5.51. The third kappa shape index (κ3) is 3.62. The van der Waals surface area contributed by atoms with Crippen molar-refractivity contribution in [2.24, 2.45) is 7.05 Å². The van der Waals surface area contributed by atoms with Crippen LogP contribution in [0.1, 0.15) is 55.4 Å². The summed E-state index contributed by atoms with van der Waals surface area (Å²) in [5.74, 6) is 4.68. The maximum absolute atomic E-state index is 5.74. The van der Waals surface area contributed by atoms with E-state index in [1.54, 1.807) is 0 Å². The molecule has 0 spiro atoms. The topological polar surface area (TPSA) is 63.2 Å². The van der Waals surface area contributed by atoms with E-state index in [1.165, 1.54) is 19.3 Å². The third-order valence-electron chi connectivity index (χ3n) is 5.51. The molecule has 3 heterocycles.